The number of hydrogen-bond acceptors (Lipinski definition) is 6. The highest BCUT2D eigenvalue weighted by atomic mass is 16.1. The van der Waals surface area contributed by atoms with Crippen molar-refractivity contribution < 1.29 is 4.79 Å². The summed E-state index contributed by atoms with van der Waals surface area (Å²) < 4.78 is 1.88. The third-order valence-corrected chi connectivity index (χ3v) is 8.23. The standard InChI is InChI=1S/C33H31N7O/c1-20-14-21(11-13-34-20)27-17-28(39-40(27)5)33-12-10-25(37-33)16-24-7-6-22(35-24)15-23-8-9-26(36-23)18-32(4)30(41)31(2,3)29(19-33)38-32/h6-19,35,38H,1-5H3. The molecule has 8 heteroatoms. The molecule has 0 aromatic carbocycles. The number of fused-ring (bicyclic) bond motifs is 6. The second-order valence-corrected chi connectivity index (χ2v) is 11.9. The molecule has 7 heterocycles. The van der Waals surface area contributed by atoms with E-state index in [0.29, 0.717) is 0 Å². The van der Waals surface area contributed by atoms with Gasteiger partial charge in [-0.3, -0.25) is 19.5 Å². The zero-order valence-electron chi connectivity index (χ0n) is 23.7. The molecule has 204 valence electrons. The maximum atomic E-state index is 13.9. The first-order valence-corrected chi connectivity index (χ1v) is 13.7. The Morgan fingerprint density at radius 1 is 0.927 bits per heavy atom. The Balaban J connectivity index is 1.46. The minimum atomic E-state index is -0.934. The van der Waals surface area contributed by atoms with Crippen LogP contribution in [-0.4, -0.2) is 42.5 Å². The second-order valence-electron chi connectivity index (χ2n) is 11.9. The van der Waals surface area contributed by atoms with Crippen LogP contribution < -0.4 is 16.0 Å². The number of carbonyl (C=O) groups excluding carboxylic acids is 1. The highest BCUT2D eigenvalue weighted by molar-refractivity contribution is 6.20. The predicted octanol–water partition coefficient (Wildman–Crippen LogP) is 3.34. The topological polar surface area (TPSA) is 100 Å². The zero-order chi connectivity index (χ0) is 28.6. The number of nitrogens with one attached hydrogen (secondary N) is 2. The molecule has 2 N–H and O–H groups in total. The fourth-order valence-corrected chi connectivity index (χ4v) is 6.09. The molecule has 0 spiro atoms. The van der Waals surface area contributed by atoms with Crippen LogP contribution in [0.4, 0.5) is 0 Å². The summed E-state index contributed by atoms with van der Waals surface area (Å²) in [5.41, 5.74) is 4.24. The van der Waals surface area contributed by atoms with Crippen LogP contribution in [0.15, 0.2) is 94.4 Å². The van der Waals surface area contributed by atoms with E-state index in [1.807, 2.05) is 106 Å². The SMILES string of the molecule is Cc1cc(-c2cc(C34C=CC(=N3)C=c3ccc([nH]3)=CC3=NC(=CC5(C)NC(=C4)C(C)(C)C5=O)C=C3)nn2C)ccn1. The lowest BCUT2D eigenvalue weighted by molar-refractivity contribution is -0.126. The number of aromatic amines is 1. The fourth-order valence-electron chi connectivity index (χ4n) is 6.09. The van der Waals surface area contributed by atoms with Crippen LogP contribution in [0, 0.1) is 12.3 Å². The Hall–Kier alpha value is -4.85. The number of rotatable bonds is 2. The van der Waals surface area contributed by atoms with Crippen LogP contribution in [0.3, 0.4) is 0 Å². The molecule has 0 radical (unpaired) electrons. The number of hydrogen-bond donors (Lipinski definition) is 2. The monoisotopic (exact) mass is 541 g/mol. The van der Waals surface area contributed by atoms with Crippen LogP contribution in [0.25, 0.3) is 23.4 Å². The van der Waals surface area contributed by atoms with Gasteiger partial charge in [-0.05, 0) is 107 Å². The first kappa shape index (κ1) is 25.1. The summed E-state index contributed by atoms with van der Waals surface area (Å²) in [5.74, 6) is 0.0737. The van der Waals surface area contributed by atoms with Crippen molar-refractivity contribution >= 4 is 29.4 Å². The Labute approximate surface area is 238 Å². The molecule has 1 saturated heterocycles. The Morgan fingerprint density at radius 3 is 2.49 bits per heavy atom. The van der Waals surface area contributed by atoms with Gasteiger partial charge in [0.15, 0.2) is 5.78 Å². The summed E-state index contributed by atoms with van der Waals surface area (Å²) in [5, 5.41) is 10.4. The van der Waals surface area contributed by atoms with Crippen molar-refractivity contribution in [3.63, 3.8) is 0 Å². The summed E-state index contributed by atoms with van der Waals surface area (Å²) in [4.78, 5) is 31.7. The number of aromatic nitrogens is 4. The van der Waals surface area contributed by atoms with Crippen molar-refractivity contribution in [2.24, 2.45) is 22.4 Å². The van der Waals surface area contributed by atoms with E-state index in [1.165, 1.54) is 0 Å². The molecule has 7 rings (SSSR count). The molecule has 8 bridgehead atoms. The van der Waals surface area contributed by atoms with E-state index in [1.54, 1.807) is 0 Å². The van der Waals surface area contributed by atoms with Gasteiger partial charge in [0, 0.05) is 40.9 Å². The van der Waals surface area contributed by atoms with E-state index >= 15 is 0 Å². The second kappa shape index (κ2) is 8.57. The molecule has 8 nitrogen and oxygen atoms in total. The maximum absolute atomic E-state index is 13.9. The van der Waals surface area contributed by atoms with Crippen LogP contribution in [0.2, 0.25) is 0 Å². The van der Waals surface area contributed by atoms with Gasteiger partial charge in [-0.15, -0.1) is 0 Å². The molecule has 4 aliphatic rings. The van der Waals surface area contributed by atoms with Crippen LogP contribution in [0.1, 0.15) is 32.2 Å². The van der Waals surface area contributed by atoms with E-state index in [9.17, 15) is 4.79 Å². The number of Topliss-reactive ketones (excluding diaryl/α,β-unsaturated/α-hetero) is 1. The van der Waals surface area contributed by atoms with Gasteiger partial charge >= 0.3 is 0 Å². The van der Waals surface area contributed by atoms with E-state index in [0.717, 1.165) is 56.2 Å². The van der Waals surface area contributed by atoms with Crippen molar-refractivity contribution in [1.82, 2.24) is 25.1 Å². The van der Waals surface area contributed by atoms with Crippen molar-refractivity contribution in [1.29, 1.82) is 0 Å². The fraction of sp³-hybridized carbons (Fsp3) is 0.242. The number of aliphatic imine (C=N–C) groups is 2. The number of aryl methyl sites for hydroxylation is 2. The van der Waals surface area contributed by atoms with Crippen LogP contribution in [0.5, 0.6) is 0 Å². The van der Waals surface area contributed by atoms with Crippen molar-refractivity contribution in [3.8, 4) is 11.3 Å². The molecule has 3 aromatic heterocycles. The third kappa shape index (κ3) is 4.09. The van der Waals surface area contributed by atoms with Crippen molar-refractivity contribution in [2.75, 3.05) is 0 Å². The van der Waals surface area contributed by atoms with Crippen molar-refractivity contribution in [2.45, 2.75) is 38.8 Å². The lowest BCUT2D eigenvalue weighted by atomic mass is 9.79. The summed E-state index contributed by atoms with van der Waals surface area (Å²) in [6.45, 7) is 7.82. The van der Waals surface area contributed by atoms with E-state index in [4.69, 9.17) is 15.1 Å². The van der Waals surface area contributed by atoms with Gasteiger partial charge in [0.05, 0.1) is 33.9 Å². The van der Waals surface area contributed by atoms with E-state index in [-0.39, 0.29) is 5.78 Å². The quantitative estimate of drug-likeness (QED) is 0.520. The zero-order valence-corrected chi connectivity index (χ0v) is 23.7. The van der Waals surface area contributed by atoms with Crippen LogP contribution >= 0.6 is 0 Å². The highest BCUT2D eigenvalue weighted by Crippen LogP contribution is 2.44. The summed E-state index contributed by atoms with van der Waals surface area (Å²) in [7, 11) is 1.94. The lowest BCUT2D eigenvalue weighted by Crippen LogP contribution is -2.41. The summed E-state index contributed by atoms with van der Waals surface area (Å²) in [6, 6.07) is 10.2. The predicted molar refractivity (Wildman–Crippen MR) is 161 cm³/mol. The molecule has 4 aliphatic heterocycles. The maximum Gasteiger partial charge on any atom is 0.173 e. The average molecular weight is 542 g/mol. The molecule has 41 heavy (non-hydrogen) atoms. The van der Waals surface area contributed by atoms with E-state index < -0.39 is 16.5 Å². The van der Waals surface area contributed by atoms with Gasteiger partial charge in [-0.25, -0.2) is 4.99 Å². The van der Waals surface area contributed by atoms with E-state index in [2.05, 4.69) is 33.5 Å². The molecular weight excluding hydrogens is 510 g/mol. The highest BCUT2D eigenvalue weighted by Gasteiger charge is 2.52. The third-order valence-electron chi connectivity index (χ3n) is 8.23. The summed E-state index contributed by atoms with van der Waals surface area (Å²) >= 11 is 0. The normalized spacial score (nSPS) is 25.6. The smallest absolute Gasteiger partial charge is 0.173 e. The van der Waals surface area contributed by atoms with Gasteiger partial charge in [0.25, 0.3) is 0 Å². The minimum Gasteiger partial charge on any atom is -0.373 e. The number of nitrogens with zero attached hydrogens (tertiary/aromatic N) is 5. The Kier molecular flexibility index (Phi) is 5.26. The number of H-pyrrole nitrogens is 1. The molecule has 0 aliphatic carbocycles. The van der Waals surface area contributed by atoms with Crippen LogP contribution in [-0.2, 0) is 17.4 Å². The Bertz CT molecular complexity index is 1960. The largest absolute Gasteiger partial charge is 0.373 e. The molecule has 2 unspecified atom stereocenters. The molecule has 1 fully saturated rings. The molecular formula is C33H31N7O. The van der Waals surface area contributed by atoms with Gasteiger partial charge in [-0.2, -0.15) is 5.10 Å². The molecule has 0 amide bonds. The average Bonchev–Trinajstić information content (AvgIpc) is 3.73. The molecule has 3 aromatic rings. The lowest BCUT2D eigenvalue weighted by Gasteiger charge is -2.23. The number of ketones is 1. The minimum absolute atomic E-state index is 0.0737. The van der Waals surface area contributed by atoms with Gasteiger partial charge < -0.3 is 10.3 Å². The van der Waals surface area contributed by atoms with Gasteiger partial charge in [-0.1, -0.05) is 0 Å². The van der Waals surface area contributed by atoms with Gasteiger partial charge in [0.1, 0.15) is 11.1 Å². The first-order valence-electron chi connectivity index (χ1n) is 13.7. The van der Waals surface area contributed by atoms with Gasteiger partial charge in [0.2, 0.25) is 0 Å². The number of pyridine rings is 1. The number of carbonyl (C=O) groups is 1. The molecule has 0 saturated carbocycles. The molecule has 2 atom stereocenters. The van der Waals surface area contributed by atoms with Crippen molar-refractivity contribution in [3.05, 3.63) is 106 Å². The first-order chi connectivity index (χ1) is 19.5. The summed E-state index contributed by atoms with van der Waals surface area (Å²) in [6.07, 6.45) is 17.8. The Morgan fingerprint density at radius 2 is 1.71 bits per heavy atom. The number of allylic oxidation sites excluding steroid dienone is 4.